The SMILES string of the molecule is Cl.Cl.FC(F)[C@@H](c1ccoc1)N1CCNCC1. The molecule has 0 aromatic carbocycles. The van der Waals surface area contributed by atoms with Crippen molar-refractivity contribution in [2.45, 2.75) is 12.5 Å². The highest BCUT2D eigenvalue weighted by Gasteiger charge is 2.30. The Labute approximate surface area is 111 Å². The van der Waals surface area contributed by atoms with Crippen molar-refractivity contribution < 1.29 is 13.2 Å². The largest absolute Gasteiger partial charge is 0.472 e. The van der Waals surface area contributed by atoms with Crippen LogP contribution >= 0.6 is 24.8 Å². The Morgan fingerprint density at radius 3 is 2.35 bits per heavy atom. The molecular weight excluding hydrogens is 273 g/mol. The van der Waals surface area contributed by atoms with Gasteiger partial charge in [-0.1, -0.05) is 0 Å². The molecule has 1 aliphatic rings. The zero-order chi connectivity index (χ0) is 10.7. The van der Waals surface area contributed by atoms with Crippen LogP contribution in [-0.2, 0) is 0 Å². The van der Waals surface area contributed by atoms with Crippen LogP contribution in [0.15, 0.2) is 23.0 Å². The smallest absolute Gasteiger partial charge is 0.258 e. The Hall–Kier alpha value is -0.360. The number of hydrogen-bond acceptors (Lipinski definition) is 3. The summed E-state index contributed by atoms with van der Waals surface area (Å²) in [5.74, 6) is 0. The Morgan fingerprint density at radius 2 is 1.88 bits per heavy atom. The maximum Gasteiger partial charge on any atom is 0.258 e. The van der Waals surface area contributed by atoms with Gasteiger partial charge in [-0.3, -0.25) is 4.90 Å². The zero-order valence-corrected chi connectivity index (χ0v) is 10.8. The van der Waals surface area contributed by atoms with Gasteiger partial charge < -0.3 is 9.73 Å². The molecule has 1 atom stereocenters. The van der Waals surface area contributed by atoms with Crippen molar-refractivity contribution >= 4 is 24.8 Å². The van der Waals surface area contributed by atoms with Gasteiger partial charge in [-0.05, 0) is 6.07 Å². The lowest BCUT2D eigenvalue weighted by atomic mass is 10.1. The molecule has 0 unspecified atom stereocenters. The standard InChI is InChI=1S/C10H14F2N2O.2ClH/c11-10(12)9(8-1-6-15-7-8)14-4-2-13-3-5-14;;/h1,6-7,9-10,13H,2-5H2;2*1H/t9-;;/m1../s1. The van der Waals surface area contributed by atoms with Gasteiger partial charge in [0.25, 0.3) is 6.43 Å². The molecule has 100 valence electrons. The molecule has 17 heavy (non-hydrogen) atoms. The lowest BCUT2D eigenvalue weighted by molar-refractivity contribution is 0.0179. The average molecular weight is 289 g/mol. The molecule has 2 rings (SSSR count). The normalized spacial score (nSPS) is 18.3. The minimum Gasteiger partial charge on any atom is -0.472 e. The fraction of sp³-hybridized carbons (Fsp3) is 0.600. The molecule has 0 aliphatic carbocycles. The number of furan rings is 1. The Bertz CT molecular complexity index is 293. The van der Waals surface area contributed by atoms with Gasteiger partial charge in [-0.2, -0.15) is 0 Å². The minimum atomic E-state index is -2.37. The van der Waals surface area contributed by atoms with Crippen LogP contribution in [0.1, 0.15) is 11.6 Å². The predicted molar refractivity (Wildman–Crippen MR) is 66.4 cm³/mol. The predicted octanol–water partition coefficient (Wildman–Crippen LogP) is 2.33. The number of piperazine rings is 1. The van der Waals surface area contributed by atoms with Crippen molar-refractivity contribution in [1.29, 1.82) is 0 Å². The molecule has 1 saturated heterocycles. The summed E-state index contributed by atoms with van der Waals surface area (Å²) >= 11 is 0. The summed E-state index contributed by atoms with van der Waals surface area (Å²) in [6, 6.07) is 0.782. The number of alkyl halides is 2. The van der Waals surface area contributed by atoms with E-state index < -0.39 is 12.5 Å². The number of hydrogen-bond donors (Lipinski definition) is 1. The third-order valence-electron chi connectivity index (χ3n) is 2.67. The van der Waals surface area contributed by atoms with E-state index in [-0.39, 0.29) is 24.8 Å². The van der Waals surface area contributed by atoms with E-state index in [1.54, 1.807) is 11.0 Å². The van der Waals surface area contributed by atoms with E-state index >= 15 is 0 Å². The van der Waals surface area contributed by atoms with Crippen molar-refractivity contribution in [3.8, 4) is 0 Å². The fourth-order valence-electron chi connectivity index (χ4n) is 1.92. The highest BCUT2D eigenvalue weighted by molar-refractivity contribution is 5.85. The van der Waals surface area contributed by atoms with Crippen molar-refractivity contribution in [2.24, 2.45) is 0 Å². The molecule has 0 spiro atoms. The third kappa shape index (κ3) is 4.10. The van der Waals surface area contributed by atoms with Gasteiger partial charge in [0.05, 0.1) is 18.6 Å². The molecule has 1 aromatic heterocycles. The van der Waals surface area contributed by atoms with Crippen LogP contribution in [-0.4, -0.2) is 37.5 Å². The lowest BCUT2D eigenvalue weighted by Gasteiger charge is -2.33. The summed E-state index contributed by atoms with van der Waals surface area (Å²) in [7, 11) is 0. The van der Waals surface area contributed by atoms with E-state index in [2.05, 4.69) is 5.32 Å². The summed E-state index contributed by atoms with van der Waals surface area (Å²) in [6.45, 7) is 2.84. The minimum absolute atomic E-state index is 0. The van der Waals surface area contributed by atoms with E-state index in [9.17, 15) is 8.78 Å². The summed E-state index contributed by atoms with van der Waals surface area (Å²) < 4.78 is 30.7. The van der Waals surface area contributed by atoms with Crippen LogP contribution in [0.25, 0.3) is 0 Å². The van der Waals surface area contributed by atoms with Crippen molar-refractivity contribution in [3.63, 3.8) is 0 Å². The Kier molecular flexibility index (Phi) is 7.70. The first kappa shape index (κ1) is 16.6. The molecule has 1 aromatic rings. The second-order valence-electron chi connectivity index (χ2n) is 3.62. The first-order chi connectivity index (χ1) is 7.29. The first-order valence-corrected chi connectivity index (χ1v) is 5.04. The molecule has 1 fully saturated rings. The highest BCUT2D eigenvalue weighted by atomic mass is 35.5. The van der Waals surface area contributed by atoms with Crippen LogP contribution in [0.3, 0.4) is 0 Å². The Balaban J connectivity index is 0.00000128. The topological polar surface area (TPSA) is 28.4 Å². The van der Waals surface area contributed by atoms with Crippen LogP contribution in [0.2, 0.25) is 0 Å². The first-order valence-electron chi connectivity index (χ1n) is 5.04. The summed E-state index contributed by atoms with van der Waals surface area (Å²) in [4.78, 5) is 1.80. The summed E-state index contributed by atoms with van der Waals surface area (Å²) in [5, 5.41) is 3.14. The molecule has 0 bridgehead atoms. The molecule has 2 heterocycles. The molecule has 3 nitrogen and oxygen atoms in total. The van der Waals surface area contributed by atoms with E-state index in [4.69, 9.17) is 4.42 Å². The average Bonchev–Trinajstić information content (AvgIpc) is 2.72. The van der Waals surface area contributed by atoms with Crippen LogP contribution in [0.5, 0.6) is 0 Å². The maximum atomic E-state index is 12.9. The van der Waals surface area contributed by atoms with Crippen LogP contribution < -0.4 is 5.32 Å². The third-order valence-corrected chi connectivity index (χ3v) is 2.67. The van der Waals surface area contributed by atoms with Crippen LogP contribution in [0.4, 0.5) is 8.78 Å². The van der Waals surface area contributed by atoms with E-state index in [1.807, 2.05) is 0 Å². The molecular formula is C10H16Cl2F2N2O. The van der Waals surface area contributed by atoms with Crippen molar-refractivity contribution in [2.75, 3.05) is 26.2 Å². The van der Waals surface area contributed by atoms with E-state index in [0.29, 0.717) is 18.7 Å². The number of halogens is 4. The van der Waals surface area contributed by atoms with Gasteiger partial charge in [0.2, 0.25) is 0 Å². The van der Waals surface area contributed by atoms with Gasteiger partial charge in [-0.25, -0.2) is 8.78 Å². The lowest BCUT2D eigenvalue weighted by Crippen LogP contribution is -2.46. The van der Waals surface area contributed by atoms with E-state index in [0.717, 1.165) is 13.1 Å². The number of nitrogens with zero attached hydrogens (tertiary/aromatic N) is 1. The zero-order valence-electron chi connectivity index (χ0n) is 9.14. The number of nitrogens with one attached hydrogen (secondary N) is 1. The van der Waals surface area contributed by atoms with Crippen LogP contribution in [0, 0.1) is 0 Å². The quantitative estimate of drug-likeness (QED) is 0.925. The summed E-state index contributed by atoms with van der Waals surface area (Å²) in [6.07, 6.45) is 0.465. The number of rotatable bonds is 3. The molecule has 0 amide bonds. The highest BCUT2D eigenvalue weighted by Crippen LogP contribution is 2.27. The fourth-order valence-corrected chi connectivity index (χ4v) is 1.92. The molecule has 0 radical (unpaired) electrons. The van der Waals surface area contributed by atoms with Gasteiger partial charge >= 0.3 is 0 Å². The molecule has 1 N–H and O–H groups in total. The van der Waals surface area contributed by atoms with E-state index in [1.165, 1.54) is 12.5 Å². The molecule has 0 saturated carbocycles. The maximum absolute atomic E-state index is 12.9. The summed E-state index contributed by atoms with van der Waals surface area (Å²) in [5.41, 5.74) is 0.562. The monoisotopic (exact) mass is 288 g/mol. The second kappa shape index (κ2) is 7.87. The van der Waals surface area contributed by atoms with Crippen molar-refractivity contribution in [1.82, 2.24) is 10.2 Å². The van der Waals surface area contributed by atoms with Crippen molar-refractivity contribution in [3.05, 3.63) is 24.2 Å². The van der Waals surface area contributed by atoms with Gasteiger partial charge in [0, 0.05) is 31.7 Å². The second-order valence-corrected chi connectivity index (χ2v) is 3.62. The van der Waals surface area contributed by atoms with Gasteiger partial charge in [0.1, 0.15) is 0 Å². The molecule has 7 heteroatoms. The molecule has 1 aliphatic heterocycles. The Morgan fingerprint density at radius 1 is 1.24 bits per heavy atom. The van der Waals surface area contributed by atoms with Gasteiger partial charge in [-0.15, -0.1) is 24.8 Å². The van der Waals surface area contributed by atoms with Gasteiger partial charge in [0.15, 0.2) is 0 Å².